The first-order valence-corrected chi connectivity index (χ1v) is 15.1. The minimum Gasteiger partial charge on any atom is -0.370 e. The minimum atomic E-state index is -0.386. The van der Waals surface area contributed by atoms with E-state index in [1.165, 1.54) is 17.2 Å². The Hall–Kier alpha value is -4.14. The van der Waals surface area contributed by atoms with Crippen LogP contribution in [0.4, 0.5) is 0 Å². The van der Waals surface area contributed by atoms with Crippen LogP contribution in [-0.4, -0.2) is 68.0 Å². The fraction of sp³-hybridized carbons (Fsp3) is 0.324. The number of benzene rings is 3. The van der Waals surface area contributed by atoms with Crippen LogP contribution in [0.25, 0.3) is 6.08 Å². The van der Waals surface area contributed by atoms with Crippen LogP contribution in [0.2, 0.25) is 5.02 Å². The maximum absolute atomic E-state index is 14.0. The van der Waals surface area contributed by atoms with Gasteiger partial charge in [-0.25, -0.2) is 0 Å². The molecule has 1 aliphatic rings. The molecule has 1 saturated heterocycles. The number of rotatable bonds is 12. The quantitative estimate of drug-likeness (QED) is 0.108. The highest BCUT2D eigenvalue weighted by atomic mass is 35.5. The fourth-order valence-electron chi connectivity index (χ4n) is 5.26. The van der Waals surface area contributed by atoms with E-state index in [2.05, 4.69) is 45.2 Å². The van der Waals surface area contributed by atoms with Crippen LogP contribution in [-0.2, 0) is 9.59 Å². The molecule has 43 heavy (non-hydrogen) atoms. The van der Waals surface area contributed by atoms with Crippen molar-refractivity contribution in [1.82, 2.24) is 20.9 Å². The number of aliphatic imine (C=N–C) groups is 1. The van der Waals surface area contributed by atoms with Crippen molar-refractivity contribution in [2.75, 3.05) is 33.2 Å². The van der Waals surface area contributed by atoms with Crippen molar-refractivity contribution in [3.8, 4) is 0 Å². The topological polar surface area (TPSA) is 112 Å². The molecular formula is C34H41ClN6O2. The molecule has 0 bridgehead atoms. The maximum Gasteiger partial charge on any atom is 0.244 e. The highest BCUT2D eigenvalue weighted by molar-refractivity contribution is 6.30. The van der Waals surface area contributed by atoms with Gasteiger partial charge in [0.05, 0.1) is 6.04 Å². The third-order valence-electron chi connectivity index (χ3n) is 7.64. The summed E-state index contributed by atoms with van der Waals surface area (Å²) in [5.41, 5.74) is 9.02. The summed E-state index contributed by atoms with van der Waals surface area (Å²) in [6.07, 6.45) is 5.35. The van der Waals surface area contributed by atoms with Crippen molar-refractivity contribution >= 4 is 35.5 Å². The van der Waals surface area contributed by atoms with Gasteiger partial charge in [-0.2, -0.15) is 0 Å². The molecule has 226 valence electrons. The highest BCUT2D eigenvalue weighted by Gasteiger charge is 2.32. The van der Waals surface area contributed by atoms with E-state index in [1.54, 1.807) is 25.3 Å². The molecular weight excluding hydrogens is 560 g/mol. The number of hydrogen-bond donors (Lipinski definition) is 4. The molecule has 0 spiro atoms. The van der Waals surface area contributed by atoms with Gasteiger partial charge in [0.15, 0.2) is 5.96 Å². The van der Waals surface area contributed by atoms with E-state index < -0.39 is 0 Å². The van der Waals surface area contributed by atoms with E-state index in [0.717, 1.165) is 12.0 Å². The summed E-state index contributed by atoms with van der Waals surface area (Å²) in [7, 11) is 1.63. The average Bonchev–Trinajstić information content (AvgIpc) is 3.19. The van der Waals surface area contributed by atoms with Crippen molar-refractivity contribution in [3.05, 3.63) is 113 Å². The Labute approximate surface area is 259 Å². The normalized spacial score (nSPS) is 17.7. The van der Waals surface area contributed by atoms with E-state index in [9.17, 15) is 9.59 Å². The number of halogens is 1. The number of nitrogens with two attached hydrogens (primary N) is 1. The summed E-state index contributed by atoms with van der Waals surface area (Å²) >= 11 is 5.95. The third kappa shape index (κ3) is 9.98. The van der Waals surface area contributed by atoms with Crippen LogP contribution in [0.5, 0.6) is 0 Å². The minimum absolute atomic E-state index is 0.0449. The van der Waals surface area contributed by atoms with Crippen LogP contribution in [0.1, 0.15) is 41.9 Å². The van der Waals surface area contributed by atoms with E-state index in [0.29, 0.717) is 50.0 Å². The number of hydrogen-bond acceptors (Lipinski definition) is 4. The van der Waals surface area contributed by atoms with Gasteiger partial charge in [0, 0.05) is 56.3 Å². The second kappa shape index (κ2) is 16.5. The monoisotopic (exact) mass is 600 g/mol. The molecule has 0 saturated carbocycles. The van der Waals surface area contributed by atoms with Crippen LogP contribution in [0.3, 0.4) is 0 Å². The smallest absolute Gasteiger partial charge is 0.244 e. The number of carbonyl (C=O) groups is 2. The zero-order chi connectivity index (χ0) is 30.4. The lowest BCUT2D eigenvalue weighted by Gasteiger charge is -2.29. The second-order valence-electron chi connectivity index (χ2n) is 10.7. The molecule has 8 nitrogen and oxygen atoms in total. The van der Waals surface area contributed by atoms with Crippen LogP contribution < -0.4 is 21.7 Å². The molecule has 0 radical (unpaired) electrons. The molecule has 1 heterocycles. The van der Waals surface area contributed by atoms with Gasteiger partial charge < -0.3 is 26.6 Å². The standard InChI is InChI=1S/C34H41ClN6O2/c1-37-34(36)38-21-8-13-31-33(43)41(24-30(26-9-4-2-5-10-26)27-11-6-3-7-12-27)22-20-29(40-31)23-39-32(42)19-16-25-14-17-28(35)18-15-25/h2-7,9-12,14-19,29-31,40H,8,13,20-24H2,1H3,(H,39,42)(H3,36,37,38)/b19-16+. The Bertz CT molecular complexity index is 1330. The molecule has 9 heteroatoms. The first-order valence-electron chi connectivity index (χ1n) is 14.7. The molecule has 2 unspecified atom stereocenters. The summed E-state index contributed by atoms with van der Waals surface area (Å²) in [6.45, 7) is 2.19. The number of nitrogens with zero attached hydrogens (tertiary/aromatic N) is 2. The van der Waals surface area contributed by atoms with E-state index in [4.69, 9.17) is 17.3 Å². The zero-order valence-corrected chi connectivity index (χ0v) is 25.3. The molecule has 1 fully saturated rings. The molecule has 0 aliphatic carbocycles. The highest BCUT2D eigenvalue weighted by Crippen LogP contribution is 2.27. The first-order chi connectivity index (χ1) is 20.9. The van der Waals surface area contributed by atoms with Crippen molar-refractivity contribution in [3.63, 3.8) is 0 Å². The molecule has 0 aromatic heterocycles. The van der Waals surface area contributed by atoms with Crippen LogP contribution in [0, 0.1) is 0 Å². The Balaban J connectivity index is 1.45. The average molecular weight is 601 g/mol. The molecule has 2 atom stereocenters. The van der Waals surface area contributed by atoms with Gasteiger partial charge in [0.2, 0.25) is 11.8 Å². The van der Waals surface area contributed by atoms with Gasteiger partial charge in [0.1, 0.15) is 0 Å². The van der Waals surface area contributed by atoms with Crippen molar-refractivity contribution in [2.24, 2.45) is 10.7 Å². The summed E-state index contributed by atoms with van der Waals surface area (Å²) < 4.78 is 0. The van der Waals surface area contributed by atoms with Gasteiger partial charge in [0.25, 0.3) is 0 Å². The van der Waals surface area contributed by atoms with Gasteiger partial charge in [-0.3, -0.25) is 14.6 Å². The van der Waals surface area contributed by atoms with Gasteiger partial charge in [-0.15, -0.1) is 0 Å². The van der Waals surface area contributed by atoms with Crippen molar-refractivity contribution < 1.29 is 9.59 Å². The Morgan fingerprint density at radius 1 is 1.05 bits per heavy atom. The Kier molecular flexibility index (Phi) is 12.2. The lowest BCUT2D eigenvalue weighted by atomic mass is 9.90. The fourth-order valence-corrected chi connectivity index (χ4v) is 5.38. The van der Waals surface area contributed by atoms with Gasteiger partial charge in [-0.1, -0.05) is 84.4 Å². The summed E-state index contributed by atoms with van der Waals surface area (Å²) in [4.78, 5) is 32.5. The van der Waals surface area contributed by atoms with E-state index in [1.807, 2.05) is 53.4 Å². The molecule has 3 aromatic rings. The summed E-state index contributed by atoms with van der Waals surface area (Å²) in [6, 6.07) is 27.5. The van der Waals surface area contributed by atoms with Gasteiger partial charge in [-0.05, 0) is 54.2 Å². The predicted octanol–water partition coefficient (Wildman–Crippen LogP) is 4.17. The van der Waals surface area contributed by atoms with Gasteiger partial charge >= 0.3 is 0 Å². The van der Waals surface area contributed by atoms with Crippen LogP contribution in [0.15, 0.2) is 96.0 Å². The summed E-state index contributed by atoms with van der Waals surface area (Å²) in [5, 5.41) is 10.3. The Morgan fingerprint density at radius 2 is 1.70 bits per heavy atom. The lowest BCUT2D eigenvalue weighted by molar-refractivity contribution is -0.133. The third-order valence-corrected chi connectivity index (χ3v) is 7.89. The van der Waals surface area contributed by atoms with Crippen LogP contribution >= 0.6 is 11.6 Å². The molecule has 1 aliphatic heterocycles. The second-order valence-corrected chi connectivity index (χ2v) is 11.1. The number of amides is 2. The molecule has 3 aromatic carbocycles. The lowest BCUT2D eigenvalue weighted by Crippen LogP contribution is -2.49. The van der Waals surface area contributed by atoms with Crippen molar-refractivity contribution in [2.45, 2.75) is 37.3 Å². The SMILES string of the molecule is CN=C(N)NCCCC1NC(CNC(=O)/C=C/c2ccc(Cl)cc2)CCN(CC(c2ccccc2)c2ccccc2)C1=O. The number of nitrogens with one attached hydrogen (secondary N) is 3. The van der Waals surface area contributed by atoms with E-state index in [-0.39, 0.29) is 29.8 Å². The molecule has 2 amide bonds. The van der Waals surface area contributed by atoms with Crippen molar-refractivity contribution in [1.29, 1.82) is 0 Å². The Morgan fingerprint density at radius 3 is 2.33 bits per heavy atom. The molecule has 4 rings (SSSR count). The number of guanidine groups is 1. The maximum atomic E-state index is 14.0. The van der Waals surface area contributed by atoms with E-state index >= 15 is 0 Å². The largest absolute Gasteiger partial charge is 0.370 e. The first kappa shape index (κ1) is 31.8. The molecule has 5 N–H and O–H groups in total. The number of carbonyl (C=O) groups excluding carboxylic acids is 2. The predicted molar refractivity (Wildman–Crippen MR) is 175 cm³/mol. The zero-order valence-electron chi connectivity index (χ0n) is 24.6. The summed E-state index contributed by atoms with van der Waals surface area (Å²) in [5.74, 6) is 0.309.